The van der Waals surface area contributed by atoms with Crippen LogP contribution in [0.1, 0.15) is 13.3 Å². The normalized spacial score (nSPS) is 25.4. The molecule has 96 valence electrons. The molecule has 8 nitrogen and oxygen atoms in total. The second-order valence-corrected chi connectivity index (χ2v) is 3.97. The van der Waals surface area contributed by atoms with Gasteiger partial charge in [-0.15, -0.1) is 0 Å². The average molecular weight is 245 g/mol. The summed E-state index contributed by atoms with van der Waals surface area (Å²) in [4.78, 5) is 34.2. The standard InChI is InChI=1S/C9H15N3O5/c1-4(7(10)14)11-9(17)12-3-5(13)2-6(12)8(15)16/h4-6,13H,2-3H2,1H3,(H2,10,14)(H,11,17)(H,15,16)/t4?,5-,6-/m0/s1. The number of aliphatic hydroxyl groups is 1. The zero-order chi connectivity index (χ0) is 13.2. The molecule has 0 aromatic heterocycles. The van der Waals surface area contributed by atoms with E-state index in [1.54, 1.807) is 0 Å². The number of nitrogens with zero attached hydrogens (tertiary/aromatic N) is 1. The van der Waals surface area contributed by atoms with Gasteiger partial charge >= 0.3 is 12.0 Å². The van der Waals surface area contributed by atoms with Crippen molar-refractivity contribution >= 4 is 17.9 Å². The second-order valence-electron chi connectivity index (χ2n) is 3.97. The van der Waals surface area contributed by atoms with Gasteiger partial charge in [-0.1, -0.05) is 0 Å². The lowest BCUT2D eigenvalue weighted by atomic mass is 10.2. The summed E-state index contributed by atoms with van der Waals surface area (Å²) in [7, 11) is 0. The van der Waals surface area contributed by atoms with Crippen LogP contribution in [0.25, 0.3) is 0 Å². The number of β-amino-alcohol motifs (C(OH)–C–C–N with tert-alkyl or cyclic N) is 1. The molecule has 17 heavy (non-hydrogen) atoms. The van der Waals surface area contributed by atoms with Crippen LogP contribution in [-0.4, -0.2) is 57.8 Å². The molecule has 1 fully saturated rings. The van der Waals surface area contributed by atoms with Crippen LogP contribution in [0.2, 0.25) is 0 Å². The minimum absolute atomic E-state index is 0.0201. The molecule has 1 aliphatic rings. The highest BCUT2D eigenvalue weighted by Gasteiger charge is 2.39. The zero-order valence-corrected chi connectivity index (χ0v) is 9.29. The quantitative estimate of drug-likeness (QED) is 0.460. The van der Waals surface area contributed by atoms with E-state index in [0.29, 0.717) is 0 Å². The molecule has 0 spiro atoms. The largest absolute Gasteiger partial charge is 0.480 e. The number of likely N-dealkylation sites (tertiary alicyclic amines) is 1. The number of hydrogen-bond donors (Lipinski definition) is 4. The maximum Gasteiger partial charge on any atom is 0.326 e. The van der Waals surface area contributed by atoms with Crippen molar-refractivity contribution in [2.75, 3.05) is 6.54 Å². The van der Waals surface area contributed by atoms with Crippen molar-refractivity contribution in [3.05, 3.63) is 0 Å². The lowest BCUT2D eigenvalue weighted by molar-refractivity contribution is -0.141. The molecule has 1 saturated heterocycles. The third-order valence-electron chi connectivity index (χ3n) is 2.59. The fourth-order valence-corrected chi connectivity index (χ4v) is 1.61. The summed E-state index contributed by atoms with van der Waals surface area (Å²) in [6.07, 6.45) is -0.890. The van der Waals surface area contributed by atoms with Crippen molar-refractivity contribution in [1.82, 2.24) is 10.2 Å². The van der Waals surface area contributed by atoms with E-state index in [1.165, 1.54) is 6.92 Å². The van der Waals surface area contributed by atoms with E-state index in [4.69, 9.17) is 10.8 Å². The van der Waals surface area contributed by atoms with Crippen LogP contribution in [0.4, 0.5) is 4.79 Å². The monoisotopic (exact) mass is 245 g/mol. The van der Waals surface area contributed by atoms with Gasteiger partial charge in [-0.3, -0.25) is 4.79 Å². The van der Waals surface area contributed by atoms with Gasteiger partial charge < -0.3 is 26.2 Å². The van der Waals surface area contributed by atoms with Gasteiger partial charge in [0.2, 0.25) is 5.91 Å². The van der Waals surface area contributed by atoms with Gasteiger partial charge in [0.15, 0.2) is 0 Å². The summed E-state index contributed by atoms with van der Waals surface area (Å²) in [5.74, 6) is -1.91. The number of urea groups is 1. The summed E-state index contributed by atoms with van der Waals surface area (Å²) in [5.41, 5.74) is 4.97. The van der Waals surface area contributed by atoms with Crippen LogP contribution < -0.4 is 11.1 Å². The Hall–Kier alpha value is -1.83. The average Bonchev–Trinajstić information content (AvgIpc) is 2.60. The number of carbonyl (C=O) groups is 3. The van der Waals surface area contributed by atoms with Crippen molar-refractivity contribution in [2.24, 2.45) is 5.73 Å². The third-order valence-corrected chi connectivity index (χ3v) is 2.59. The summed E-state index contributed by atoms with van der Waals surface area (Å²) in [6, 6.07) is -2.69. The molecular formula is C9H15N3O5. The number of aliphatic hydroxyl groups excluding tert-OH is 1. The Morgan fingerprint density at radius 3 is 2.53 bits per heavy atom. The number of aliphatic carboxylic acids is 1. The van der Waals surface area contributed by atoms with E-state index in [9.17, 15) is 19.5 Å². The fraction of sp³-hybridized carbons (Fsp3) is 0.667. The van der Waals surface area contributed by atoms with Gasteiger partial charge in [-0.25, -0.2) is 9.59 Å². The van der Waals surface area contributed by atoms with Crippen molar-refractivity contribution in [3.63, 3.8) is 0 Å². The lowest BCUT2D eigenvalue weighted by Crippen LogP contribution is -2.51. The predicted octanol–water partition coefficient (Wildman–Crippen LogP) is -1.91. The molecule has 0 aromatic rings. The Labute approximate surface area is 97.4 Å². The van der Waals surface area contributed by atoms with Gasteiger partial charge in [-0.2, -0.15) is 0 Å². The van der Waals surface area contributed by atoms with Crippen molar-refractivity contribution in [1.29, 1.82) is 0 Å². The minimum atomic E-state index is -1.19. The Balaban J connectivity index is 2.67. The van der Waals surface area contributed by atoms with E-state index in [0.717, 1.165) is 4.90 Å². The molecule has 8 heteroatoms. The van der Waals surface area contributed by atoms with Gasteiger partial charge in [0.1, 0.15) is 12.1 Å². The molecule has 1 rings (SSSR count). The number of amides is 3. The first-order chi connectivity index (χ1) is 7.82. The third kappa shape index (κ3) is 3.06. The van der Waals surface area contributed by atoms with E-state index in [2.05, 4.69) is 5.32 Å². The van der Waals surface area contributed by atoms with E-state index in [-0.39, 0.29) is 13.0 Å². The molecule has 0 bridgehead atoms. The van der Waals surface area contributed by atoms with Crippen LogP contribution in [0, 0.1) is 0 Å². The molecule has 3 atom stereocenters. The minimum Gasteiger partial charge on any atom is -0.480 e. The number of nitrogens with two attached hydrogens (primary N) is 1. The van der Waals surface area contributed by atoms with Crippen LogP contribution in [0.5, 0.6) is 0 Å². The first-order valence-electron chi connectivity index (χ1n) is 5.10. The molecule has 5 N–H and O–H groups in total. The molecule has 3 amide bonds. The Kier molecular flexibility index (Phi) is 3.89. The molecule has 0 aromatic carbocycles. The van der Waals surface area contributed by atoms with E-state index >= 15 is 0 Å². The molecule has 0 radical (unpaired) electrons. The smallest absolute Gasteiger partial charge is 0.326 e. The number of rotatable bonds is 3. The Morgan fingerprint density at radius 1 is 1.47 bits per heavy atom. The van der Waals surface area contributed by atoms with Crippen LogP contribution in [0.3, 0.4) is 0 Å². The fourth-order valence-electron chi connectivity index (χ4n) is 1.61. The van der Waals surface area contributed by atoms with Gasteiger partial charge in [-0.05, 0) is 6.92 Å². The SMILES string of the molecule is CC(NC(=O)N1C[C@@H](O)C[C@H]1C(=O)O)C(N)=O. The molecule has 0 saturated carbocycles. The van der Waals surface area contributed by atoms with Crippen LogP contribution >= 0.6 is 0 Å². The van der Waals surface area contributed by atoms with Gasteiger partial charge in [0, 0.05) is 13.0 Å². The number of carboxylic acid groups (broad SMARTS) is 1. The van der Waals surface area contributed by atoms with Crippen molar-refractivity contribution in [3.8, 4) is 0 Å². The maximum absolute atomic E-state index is 11.7. The summed E-state index contributed by atoms with van der Waals surface area (Å²) >= 11 is 0. The summed E-state index contributed by atoms with van der Waals surface area (Å²) in [5, 5.41) is 20.5. The van der Waals surface area contributed by atoms with Crippen molar-refractivity contribution < 1.29 is 24.6 Å². The summed E-state index contributed by atoms with van der Waals surface area (Å²) < 4.78 is 0. The number of primary amides is 1. The lowest BCUT2D eigenvalue weighted by Gasteiger charge is -2.23. The zero-order valence-electron chi connectivity index (χ0n) is 9.29. The highest BCUT2D eigenvalue weighted by Crippen LogP contribution is 2.18. The van der Waals surface area contributed by atoms with Gasteiger partial charge in [0.05, 0.1) is 6.10 Å². The molecular weight excluding hydrogens is 230 g/mol. The van der Waals surface area contributed by atoms with E-state index < -0.39 is 36.1 Å². The predicted molar refractivity (Wildman–Crippen MR) is 55.9 cm³/mol. The Bertz CT molecular complexity index is 346. The maximum atomic E-state index is 11.7. The Morgan fingerprint density at radius 2 is 2.06 bits per heavy atom. The number of nitrogens with one attached hydrogen (secondary N) is 1. The van der Waals surface area contributed by atoms with E-state index in [1.807, 2.05) is 0 Å². The second kappa shape index (κ2) is 5.00. The summed E-state index contributed by atoms with van der Waals surface area (Å²) in [6.45, 7) is 1.32. The number of carboxylic acids is 1. The number of hydrogen-bond acceptors (Lipinski definition) is 4. The molecule has 1 aliphatic heterocycles. The van der Waals surface area contributed by atoms with Crippen LogP contribution in [-0.2, 0) is 9.59 Å². The molecule has 0 aliphatic carbocycles. The van der Waals surface area contributed by atoms with Gasteiger partial charge in [0.25, 0.3) is 0 Å². The molecule has 1 unspecified atom stereocenters. The first-order valence-corrected chi connectivity index (χ1v) is 5.10. The number of carbonyl (C=O) groups excluding carboxylic acids is 2. The highest BCUT2D eigenvalue weighted by molar-refractivity contribution is 5.88. The van der Waals surface area contributed by atoms with Crippen molar-refractivity contribution in [2.45, 2.75) is 31.5 Å². The molecule has 1 heterocycles. The highest BCUT2D eigenvalue weighted by atomic mass is 16.4. The first kappa shape index (κ1) is 13.2. The topological polar surface area (TPSA) is 133 Å². The van der Waals surface area contributed by atoms with Crippen LogP contribution in [0.15, 0.2) is 0 Å².